The number of hydrogen-bond donors (Lipinski definition) is 3. The van der Waals surface area contributed by atoms with Crippen LogP contribution in [0, 0.1) is 5.82 Å². The summed E-state index contributed by atoms with van der Waals surface area (Å²) in [6, 6.07) is 12.7. The second kappa shape index (κ2) is 7.89. The first-order valence-electron chi connectivity index (χ1n) is 7.28. The van der Waals surface area contributed by atoms with Crippen LogP contribution < -0.4 is 5.32 Å². The summed E-state index contributed by atoms with van der Waals surface area (Å²) < 4.78 is 13.7. The van der Waals surface area contributed by atoms with Crippen molar-refractivity contribution in [3.63, 3.8) is 0 Å². The van der Waals surface area contributed by atoms with E-state index in [0.29, 0.717) is 22.9 Å². The quantitative estimate of drug-likeness (QED) is 0.733. The van der Waals surface area contributed by atoms with Gasteiger partial charge in [0.1, 0.15) is 11.6 Å². The van der Waals surface area contributed by atoms with E-state index in [0.717, 1.165) is 0 Å². The Kier molecular flexibility index (Phi) is 5.90. The summed E-state index contributed by atoms with van der Waals surface area (Å²) in [6.07, 6.45) is -0.817. The lowest BCUT2D eigenvalue weighted by Gasteiger charge is -2.27. The Labute approximate surface area is 140 Å². The highest BCUT2D eigenvalue weighted by atomic mass is 32.1. The number of rotatable bonds is 5. The van der Waals surface area contributed by atoms with Crippen LogP contribution in [0.2, 0.25) is 0 Å². The fourth-order valence-electron chi connectivity index (χ4n) is 2.16. The molecule has 0 aliphatic carbocycles. The van der Waals surface area contributed by atoms with Crippen molar-refractivity contribution in [1.82, 2.24) is 4.90 Å². The van der Waals surface area contributed by atoms with E-state index in [2.05, 4.69) is 5.32 Å². The summed E-state index contributed by atoms with van der Waals surface area (Å²) in [4.78, 5) is 1.73. The number of aliphatic hydroxyl groups is 1. The first kappa shape index (κ1) is 17.2. The standard InChI is InChI=1S/C17H19FN2O2S/c1-2-20(11-16(22)12-6-5-7-13(21)10-12)17(23)19-15-9-4-3-8-14(15)18/h3-10,16,21-22H,2,11H2,1H3,(H,19,23). The Hall–Kier alpha value is -2.18. The number of phenols is 1. The second-order valence-electron chi connectivity index (χ2n) is 5.06. The predicted molar refractivity (Wildman–Crippen MR) is 92.9 cm³/mol. The molecule has 2 rings (SSSR count). The van der Waals surface area contributed by atoms with Gasteiger partial charge in [-0.15, -0.1) is 0 Å². The van der Waals surface area contributed by atoms with Crippen LogP contribution in [-0.4, -0.2) is 33.3 Å². The van der Waals surface area contributed by atoms with Crippen molar-refractivity contribution in [2.24, 2.45) is 0 Å². The minimum atomic E-state index is -0.817. The van der Waals surface area contributed by atoms with Crippen molar-refractivity contribution < 1.29 is 14.6 Å². The highest BCUT2D eigenvalue weighted by Gasteiger charge is 2.16. The number of likely N-dealkylation sites (N-methyl/N-ethyl adjacent to an activating group) is 1. The largest absolute Gasteiger partial charge is 0.508 e. The number of para-hydroxylation sites is 1. The fraction of sp³-hybridized carbons (Fsp3) is 0.235. The molecule has 122 valence electrons. The molecule has 23 heavy (non-hydrogen) atoms. The second-order valence-corrected chi connectivity index (χ2v) is 5.45. The monoisotopic (exact) mass is 334 g/mol. The molecular weight excluding hydrogens is 315 g/mol. The molecule has 0 saturated carbocycles. The molecule has 0 amide bonds. The van der Waals surface area contributed by atoms with E-state index in [4.69, 9.17) is 12.2 Å². The van der Waals surface area contributed by atoms with Gasteiger partial charge in [-0.05, 0) is 49.0 Å². The normalized spacial score (nSPS) is 11.8. The summed E-state index contributed by atoms with van der Waals surface area (Å²) in [7, 11) is 0. The van der Waals surface area contributed by atoms with E-state index in [-0.39, 0.29) is 18.1 Å². The molecule has 0 aliphatic heterocycles. The van der Waals surface area contributed by atoms with E-state index < -0.39 is 6.10 Å². The number of nitrogens with one attached hydrogen (secondary N) is 1. The van der Waals surface area contributed by atoms with Gasteiger partial charge in [0, 0.05) is 6.54 Å². The molecule has 4 nitrogen and oxygen atoms in total. The Morgan fingerprint density at radius 2 is 2.00 bits per heavy atom. The van der Waals surface area contributed by atoms with Crippen LogP contribution in [-0.2, 0) is 0 Å². The molecule has 0 aliphatic rings. The molecule has 1 unspecified atom stereocenters. The minimum absolute atomic E-state index is 0.0941. The van der Waals surface area contributed by atoms with Gasteiger partial charge in [0.05, 0.1) is 18.3 Å². The van der Waals surface area contributed by atoms with Crippen molar-refractivity contribution in [3.05, 3.63) is 59.9 Å². The summed E-state index contributed by atoms with van der Waals surface area (Å²) in [5.41, 5.74) is 0.889. The van der Waals surface area contributed by atoms with Gasteiger partial charge in [-0.1, -0.05) is 24.3 Å². The molecule has 0 heterocycles. The number of thiocarbonyl (C=S) groups is 1. The zero-order valence-corrected chi connectivity index (χ0v) is 13.6. The van der Waals surface area contributed by atoms with Gasteiger partial charge < -0.3 is 20.4 Å². The van der Waals surface area contributed by atoms with Crippen molar-refractivity contribution in [3.8, 4) is 5.75 Å². The predicted octanol–water partition coefficient (Wildman–Crippen LogP) is 3.28. The molecule has 0 spiro atoms. The van der Waals surface area contributed by atoms with Crippen LogP contribution in [0.1, 0.15) is 18.6 Å². The van der Waals surface area contributed by atoms with Gasteiger partial charge in [0.25, 0.3) is 0 Å². The highest BCUT2D eigenvalue weighted by molar-refractivity contribution is 7.80. The lowest BCUT2D eigenvalue weighted by atomic mass is 10.1. The van der Waals surface area contributed by atoms with Gasteiger partial charge >= 0.3 is 0 Å². The number of halogens is 1. The molecule has 0 saturated heterocycles. The molecule has 0 fully saturated rings. The maximum atomic E-state index is 13.7. The Balaban J connectivity index is 2.04. The first-order valence-corrected chi connectivity index (χ1v) is 7.69. The third-order valence-corrected chi connectivity index (χ3v) is 3.79. The maximum absolute atomic E-state index is 13.7. The summed E-state index contributed by atoms with van der Waals surface area (Å²) in [6.45, 7) is 2.68. The van der Waals surface area contributed by atoms with Gasteiger partial charge in [0.15, 0.2) is 5.11 Å². The van der Waals surface area contributed by atoms with Crippen LogP contribution in [0.3, 0.4) is 0 Å². The van der Waals surface area contributed by atoms with Crippen molar-refractivity contribution in [2.75, 3.05) is 18.4 Å². The molecule has 3 N–H and O–H groups in total. The van der Waals surface area contributed by atoms with E-state index >= 15 is 0 Å². The summed E-state index contributed by atoms with van der Waals surface area (Å²) in [5, 5.41) is 23.0. The van der Waals surface area contributed by atoms with Gasteiger partial charge in [-0.3, -0.25) is 0 Å². The maximum Gasteiger partial charge on any atom is 0.173 e. The van der Waals surface area contributed by atoms with Crippen LogP contribution in [0.15, 0.2) is 48.5 Å². The number of anilines is 1. The first-order chi connectivity index (χ1) is 11.0. The highest BCUT2D eigenvalue weighted by Crippen LogP contribution is 2.20. The van der Waals surface area contributed by atoms with Gasteiger partial charge in [-0.25, -0.2) is 4.39 Å². The smallest absolute Gasteiger partial charge is 0.173 e. The number of phenolic OH excluding ortho intramolecular Hbond substituents is 1. The molecular formula is C17H19FN2O2S. The zero-order chi connectivity index (χ0) is 16.8. The molecule has 1 atom stereocenters. The fourth-order valence-corrected chi connectivity index (χ4v) is 2.47. The molecule has 2 aromatic carbocycles. The third kappa shape index (κ3) is 4.64. The van der Waals surface area contributed by atoms with E-state index in [9.17, 15) is 14.6 Å². The Morgan fingerprint density at radius 3 is 2.65 bits per heavy atom. The topological polar surface area (TPSA) is 55.7 Å². The van der Waals surface area contributed by atoms with E-state index in [1.165, 1.54) is 18.2 Å². The Bertz CT molecular complexity index is 681. The molecule has 0 radical (unpaired) electrons. The molecule has 0 aromatic heterocycles. The average Bonchev–Trinajstić information content (AvgIpc) is 2.54. The van der Waals surface area contributed by atoms with Crippen LogP contribution in [0.5, 0.6) is 5.75 Å². The van der Waals surface area contributed by atoms with Gasteiger partial charge in [-0.2, -0.15) is 0 Å². The van der Waals surface area contributed by atoms with Crippen molar-refractivity contribution in [1.29, 1.82) is 0 Å². The zero-order valence-electron chi connectivity index (χ0n) is 12.7. The number of nitrogens with zero attached hydrogens (tertiary/aromatic N) is 1. The Morgan fingerprint density at radius 1 is 1.26 bits per heavy atom. The van der Waals surface area contributed by atoms with Crippen LogP contribution in [0.25, 0.3) is 0 Å². The van der Waals surface area contributed by atoms with E-state index in [1.807, 2.05) is 6.92 Å². The number of hydrogen-bond acceptors (Lipinski definition) is 3. The van der Waals surface area contributed by atoms with E-state index in [1.54, 1.807) is 35.2 Å². The molecule has 0 bridgehead atoms. The molecule has 2 aromatic rings. The van der Waals surface area contributed by atoms with Crippen molar-refractivity contribution >= 4 is 23.0 Å². The van der Waals surface area contributed by atoms with Crippen LogP contribution in [0.4, 0.5) is 10.1 Å². The lowest BCUT2D eigenvalue weighted by Crippen LogP contribution is -2.37. The lowest BCUT2D eigenvalue weighted by molar-refractivity contribution is 0.146. The molecule has 6 heteroatoms. The minimum Gasteiger partial charge on any atom is -0.508 e. The third-order valence-electron chi connectivity index (χ3n) is 3.43. The summed E-state index contributed by atoms with van der Waals surface area (Å²) >= 11 is 5.30. The SMILES string of the molecule is CCN(CC(O)c1cccc(O)c1)C(=S)Nc1ccccc1F. The van der Waals surface area contributed by atoms with Crippen molar-refractivity contribution in [2.45, 2.75) is 13.0 Å². The number of aliphatic hydroxyl groups excluding tert-OH is 1. The summed E-state index contributed by atoms with van der Waals surface area (Å²) in [5.74, 6) is -0.295. The van der Waals surface area contributed by atoms with Gasteiger partial charge in [0.2, 0.25) is 0 Å². The number of aromatic hydroxyl groups is 1. The average molecular weight is 334 g/mol. The number of benzene rings is 2. The van der Waals surface area contributed by atoms with Crippen LogP contribution >= 0.6 is 12.2 Å².